The van der Waals surface area contributed by atoms with Gasteiger partial charge in [-0.25, -0.2) is 0 Å². The topological polar surface area (TPSA) is 83.6 Å². The Morgan fingerprint density at radius 2 is 2.14 bits per heavy atom. The maximum Gasteiger partial charge on any atom is 0.323 e. The van der Waals surface area contributed by atoms with Gasteiger partial charge in [-0.05, 0) is 19.3 Å². The summed E-state index contributed by atoms with van der Waals surface area (Å²) in [7, 11) is 1.51. The molecule has 1 rings (SSSR count). The van der Waals surface area contributed by atoms with Crippen molar-refractivity contribution in [3.8, 4) is 0 Å². The fraction of sp³-hybridized carbons (Fsp3) is 0.778. The summed E-state index contributed by atoms with van der Waals surface area (Å²) in [6, 6.07) is 0.0992. The number of carbonyl (C=O) groups is 2. The zero-order valence-electron chi connectivity index (χ0n) is 8.27. The first-order valence-corrected chi connectivity index (χ1v) is 4.73. The molecule has 1 fully saturated rings. The van der Waals surface area contributed by atoms with Crippen LogP contribution in [-0.4, -0.2) is 41.5 Å². The summed E-state index contributed by atoms with van der Waals surface area (Å²) in [5.41, 5.74) is 5.68. The van der Waals surface area contributed by atoms with E-state index in [2.05, 4.69) is 0 Å². The van der Waals surface area contributed by atoms with Gasteiger partial charge >= 0.3 is 5.97 Å². The van der Waals surface area contributed by atoms with Gasteiger partial charge in [-0.15, -0.1) is 0 Å². The maximum atomic E-state index is 11.6. The highest BCUT2D eigenvalue weighted by atomic mass is 16.4. The third kappa shape index (κ3) is 2.70. The van der Waals surface area contributed by atoms with Crippen molar-refractivity contribution in [2.24, 2.45) is 11.7 Å². The molecule has 0 aromatic rings. The molecule has 0 aliphatic heterocycles. The number of likely N-dealkylation sites (N-methyl/N-ethyl adjacent to an activating group) is 1. The number of nitrogens with zero attached hydrogens (tertiary/aromatic N) is 1. The highest BCUT2D eigenvalue weighted by Crippen LogP contribution is 2.25. The molecule has 0 bridgehead atoms. The third-order valence-corrected chi connectivity index (χ3v) is 2.57. The number of carbonyl (C=O) groups excluding carboxylic acids is 1. The predicted molar refractivity (Wildman–Crippen MR) is 50.6 cm³/mol. The Labute approximate surface area is 82.9 Å². The molecule has 14 heavy (non-hydrogen) atoms. The largest absolute Gasteiger partial charge is 0.480 e. The molecule has 0 aromatic carbocycles. The summed E-state index contributed by atoms with van der Waals surface area (Å²) in [6.45, 7) is -0.232. The standard InChI is InChI=1S/C9H16N2O3/c1-11(5-8(12)13)9(14)6-2-3-7(10)4-6/h6-7H,2-5,10H2,1H3,(H,12,13). The number of aliphatic carboxylic acids is 1. The molecule has 0 heterocycles. The molecule has 3 N–H and O–H groups in total. The van der Waals surface area contributed by atoms with E-state index in [0.29, 0.717) is 6.42 Å². The normalized spacial score (nSPS) is 26.1. The van der Waals surface area contributed by atoms with Crippen LogP contribution in [0, 0.1) is 5.92 Å². The molecule has 2 atom stereocenters. The molecule has 1 aliphatic carbocycles. The quantitative estimate of drug-likeness (QED) is 0.652. The van der Waals surface area contributed by atoms with Crippen LogP contribution in [0.4, 0.5) is 0 Å². The molecule has 2 unspecified atom stereocenters. The molecular formula is C9H16N2O3. The summed E-state index contributed by atoms with van der Waals surface area (Å²) in [4.78, 5) is 23.3. The van der Waals surface area contributed by atoms with Gasteiger partial charge in [0.25, 0.3) is 0 Å². The molecule has 1 amide bonds. The van der Waals surface area contributed by atoms with Gasteiger partial charge in [0.1, 0.15) is 6.54 Å². The molecule has 0 spiro atoms. The van der Waals surface area contributed by atoms with Crippen LogP contribution in [0.2, 0.25) is 0 Å². The summed E-state index contributed by atoms with van der Waals surface area (Å²) >= 11 is 0. The number of hydrogen-bond acceptors (Lipinski definition) is 3. The van der Waals surface area contributed by atoms with Crippen LogP contribution < -0.4 is 5.73 Å². The fourth-order valence-electron chi connectivity index (χ4n) is 1.83. The highest BCUT2D eigenvalue weighted by molar-refractivity contribution is 5.83. The number of hydrogen-bond donors (Lipinski definition) is 2. The van der Waals surface area contributed by atoms with E-state index in [1.165, 1.54) is 11.9 Å². The smallest absolute Gasteiger partial charge is 0.323 e. The van der Waals surface area contributed by atoms with Crippen molar-refractivity contribution in [1.82, 2.24) is 4.90 Å². The van der Waals surface area contributed by atoms with E-state index >= 15 is 0 Å². The van der Waals surface area contributed by atoms with E-state index in [9.17, 15) is 9.59 Å². The first-order valence-electron chi connectivity index (χ1n) is 4.73. The van der Waals surface area contributed by atoms with Crippen LogP contribution in [0.1, 0.15) is 19.3 Å². The average molecular weight is 200 g/mol. The molecule has 5 heteroatoms. The van der Waals surface area contributed by atoms with Crippen molar-refractivity contribution in [3.05, 3.63) is 0 Å². The molecular weight excluding hydrogens is 184 g/mol. The lowest BCUT2D eigenvalue weighted by molar-refractivity contribution is -0.145. The molecule has 0 aromatic heterocycles. The van der Waals surface area contributed by atoms with Crippen molar-refractivity contribution >= 4 is 11.9 Å². The summed E-state index contributed by atoms with van der Waals surface area (Å²) in [5.74, 6) is -1.15. The van der Waals surface area contributed by atoms with Crippen LogP contribution >= 0.6 is 0 Å². The molecule has 80 valence electrons. The van der Waals surface area contributed by atoms with Crippen molar-refractivity contribution in [2.45, 2.75) is 25.3 Å². The minimum atomic E-state index is -0.983. The van der Waals surface area contributed by atoms with Crippen molar-refractivity contribution < 1.29 is 14.7 Å². The molecule has 1 saturated carbocycles. The Kier molecular flexibility index (Phi) is 3.46. The molecule has 1 aliphatic rings. The number of nitrogens with two attached hydrogens (primary N) is 1. The van der Waals surface area contributed by atoms with Gasteiger partial charge in [0, 0.05) is 19.0 Å². The average Bonchev–Trinajstić information content (AvgIpc) is 2.49. The minimum Gasteiger partial charge on any atom is -0.480 e. The monoisotopic (exact) mass is 200 g/mol. The maximum absolute atomic E-state index is 11.6. The van der Waals surface area contributed by atoms with E-state index in [-0.39, 0.29) is 24.4 Å². The van der Waals surface area contributed by atoms with Crippen molar-refractivity contribution in [3.63, 3.8) is 0 Å². The van der Waals surface area contributed by atoms with Crippen LogP contribution in [0.5, 0.6) is 0 Å². The lowest BCUT2D eigenvalue weighted by atomic mass is 10.1. The summed E-state index contributed by atoms with van der Waals surface area (Å²) in [6.07, 6.45) is 2.32. The van der Waals surface area contributed by atoms with Gasteiger partial charge in [-0.2, -0.15) is 0 Å². The fourth-order valence-corrected chi connectivity index (χ4v) is 1.83. The third-order valence-electron chi connectivity index (χ3n) is 2.57. The second kappa shape index (κ2) is 4.41. The first kappa shape index (κ1) is 11.0. The number of carboxylic acid groups (broad SMARTS) is 1. The second-order valence-corrected chi connectivity index (χ2v) is 3.86. The van der Waals surface area contributed by atoms with Gasteiger partial charge in [0.2, 0.25) is 5.91 Å². The highest BCUT2D eigenvalue weighted by Gasteiger charge is 2.30. The number of amides is 1. The van der Waals surface area contributed by atoms with Gasteiger partial charge in [-0.1, -0.05) is 0 Å². The van der Waals surface area contributed by atoms with E-state index in [4.69, 9.17) is 10.8 Å². The zero-order valence-corrected chi connectivity index (χ0v) is 8.27. The van der Waals surface area contributed by atoms with E-state index in [1.807, 2.05) is 0 Å². The lowest BCUT2D eigenvalue weighted by Gasteiger charge is -2.18. The minimum absolute atomic E-state index is 0.0747. The lowest BCUT2D eigenvalue weighted by Crippen LogP contribution is -2.36. The second-order valence-electron chi connectivity index (χ2n) is 3.86. The molecule has 0 radical (unpaired) electrons. The van der Waals surface area contributed by atoms with Gasteiger partial charge < -0.3 is 15.7 Å². The van der Waals surface area contributed by atoms with E-state index in [1.54, 1.807) is 0 Å². The van der Waals surface area contributed by atoms with Crippen molar-refractivity contribution in [2.75, 3.05) is 13.6 Å². The Hall–Kier alpha value is -1.10. The van der Waals surface area contributed by atoms with Crippen LogP contribution in [0.15, 0.2) is 0 Å². The van der Waals surface area contributed by atoms with Crippen LogP contribution in [0.25, 0.3) is 0 Å². The van der Waals surface area contributed by atoms with Gasteiger partial charge in [0.15, 0.2) is 0 Å². The molecule has 5 nitrogen and oxygen atoms in total. The number of carboxylic acids is 1. The zero-order chi connectivity index (χ0) is 10.7. The van der Waals surface area contributed by atoms with Gasteiger partial charge in [-0.3, -0.25) is 9.59 Å². The van der Waals surface area contributed by atoms with E-state index < -0.39 is 5.97 Å². The van der Waals surface area contributed by atoms with Gasteiger partial charge in [0.05, 0.1) is 0 Å². The Morgan fingerprint density at radius 1 is 1.50 bits per heavy atom. The van der Waals surface area contributed by atoms with Crippen LogP contribution in [0.3, 0.4) is 0 Å². The molecule has 0 saturated heterocycles. The Morgan fingerprint density at radius 3 is 2.57 bits per heavy atom. The van der Waals surface area contributed by atoms with Crippen LogP contribution in [-0.2, 0) is 9.59 Å². The summed E-state index contributed by atoms with van der Waals surface area (Å²) in [5, 5.41) is 8.51. The first-order chi connectivity index (χ1) is 6.50. The predicted octanol–water partition coefficient (Wildman–Crippen LogP) is -0.343. The summed E-state index contributed by atoms with van der Waals surface area (Å²) < 4.78 is 0. The SMILES string of the molecule is CN(CC(=O)O)C(=O)C1CCC(N)C1. The number of rotatable bonds is 3. The van der Waals surface area contributed by atoms with Crippen molar-refractivity contribution in [1.29, 1.82) is 0 Å². The van der Waals surface area contributed by atoms with E-state index in [0.717, 1.165) is 12.8 Å². The Balaban J connectivity index is 2.44. The Bertz CT molecular complexity index is 242.